The average molecular weight is 306 g/mol. The Labute approximate surface area is 137 Å². The summed E-state index contributed by atoms with van der Waals surface area (Å²) in [6.07, 6.45) is 5.28. The molecule has 0 atom stereocenters. The maximum Gasteiger partial charge on any atom is 0.271 e. The number of hydrogen-bond acceptors (Lipinski definition) is 2. The number of rotatable bonds is 4. The summed E-state index contributed by atoms with van der Waals surface area (Å²) < 4.78 is 0. The number of nitrogens with zero attached hydrogens (tertiary/aromatic N) is 1. The Kier molecular flexibility index (Phi) is 5.47. The van der Waals surface area contributed by atoms with Gasteiger partial charge in [0.15, 0.2) is 0 Å². The highest BCUT2D eigenvalue weighted by atomic mass is 16.2. The van der Waals surface area contributed by atoms with Gasteiger partial charge in [0.25, 0.3) is 5.91 Å². The van der Waals surface area contributed by atoms with Crippen LogP contribution in [0.15, 0.2) is 65.8 Å². The fourth-order valence-electron chi connectivity index (χ4n) is 2.04. The van der Waals surface area contributed by atoms with E-state index in [1.54, 1.807) is 12.3 Å². The lowest BCUT2D eigenvalue weighted by Crippen LogP contribution is -2.18. The number of carbonyl (C=O) groups excluding carboxylic acids is 1. The van der Waals surface area contributed by atoms with Crippen LogP contribution in [0.25, 0.3) is 6.08 Å². The van der Waals surface area contributed by atoms with Crippen LogP contribution in [0.1, 0.15) is 42.3 Å². The summed E-state index contributed by atoms with van der Waals surface area (Å²) in [5.41, 5.74) is 5.48. The first-order valence-corrected chi connectivity index (χ1v) is 7.62. The van der Waals surface area contributed by atoms with Crippen molar-refractivity contribution in [2.75, 3.05) is 0 Å². The third kappa shape index (κ3) is 5.22. The molecule has 0 aliphatic rings. The lowest BCUT2D eigenvalue weighted by atomic mass is 9.87. The fourth-order valence-corrected chi connectivity index (χ4v) is 2.04. The SMILES string of the molecule is CC(C)(C)c1ccc(C(=O)N/N=C\C=C\c2ccccc2)cc1. The molecule has 0 spiro atoms. The first-order chi connectivity index (χ1) is 11.0. The smallest absolute Gasteiger partial charge is 0.267 e. The minimum Gasteiger partial charge on any atom is -0.267 e. The summed E-state index contributed by atoms with van der Waals surface area (Å²) >= 11 is 0. The molecule has 3 heteroatoms. The average Bonchev–Trinajstić information content (AvgIpc) is 2.54. The third-order valence-corrected chi connectivity index (χ3v) is 3.43. The van der Waals surface area contributed by atoms with Gasteiger partial charge in [-0.3, -0.25) is 4.79 Å². The van der Waals surface area contributed by atoms with Gasteiger partial charge in [0.05, 0.1) is 0 Å². The predicted molar refractivity (Wildman–Crippen MR) is 96.6 cm³/mol. The van der Waals surface area contributed by atoms with Crippen LogP contribution in [-0.2, 0) is 5.41 Å². The summed E-state index contributed by atoms with van der Waals surface area (Å²) in [4.78, 5) is 12.0. The van der Waals surface area contributed by atoms with Gasteiger partial charge in [-0.1, -0.05) is 69.3 Å². The van der Waals surface area contributed by atoms with Crippen molar-refractivity contribution in [3.8, 4) is 0 Å². The van der Waals surface area contributed by atoms with Crippen LogP contribution in [0.5, 0.6) is 0 Å². The van der Waals surface area contributed by atoms with Gasteiger partial charge in [-0.2, -0.15) is 5.10 Å². The topological polar surface area (TPSA) is 41.5 Å². The molecule has 3 nitrogen and oxygen atoms in total. The van der Waals surface area contributed by atoms with Gasteiger partial charge in [-0.15, -0.1) is 0 Å². The second-order valence-corrected chi connectivity index (χ2v) is 6.32. The zero-order chi connectivity index (χ0) is 16.7. The van der Waals surface area contributed by atoms with Crippen LogP contribution in [0, 0.1) is 0 Å². The molecule has 0 aliphatic heterocycles. The maximum absolute atomic E-state index is 12.0. The molecule has 0 unspecified atom stereocenters. The van der Waals surface area contributed by atoms with Crippen molar-refractivity contribution in [2.45, 2.75) is 26.2 Å². The first-order valence-electron chi connectivity index (χ1n) is 7.62. The van der Waals surface area contributed by atoms with E-state index in [1.165, 1.54) is 5.56 Å². The number of nitrogens with one attached hydrogen (secondary N) is 1. The maximum atomic E-state index is 12.0. The molecule has 0 bridgehead atoms. The highest BCUT2D eigenvalue weighted by Crippen LogP contribution is 2.22. The standard InChI is InChI=1S/C20H22N2O/c1-20(2,3)18-13-11-17(12-14-18)19(23)22-21-15-7-10-16-8-5-4-6-9-16/h4-15H,1-3H3,(H,22,23)/b10-7+,21-15-. The molecule has 0 radical (unpaired) electrons. The van der Waals surface area contributed by atoms with Gasteiger partial charge in [-0.25, -0.2) is 5.43 Å². The van der Waals surface area contributed by atoms with Crippen LogP contribution >= 0.6 is 0 Å². The van der Waals surface area contributed by atoms with E-state index in [0.717, 1.165) is 5.56 Å². The number of hydrogen-bond donors (Lipinski definition) is 1. The Morgan fingerprint density at radius 2 is 1.65 bits per heavy atom. The molecule has 0 saturated heterocycles. The quantitative estimate of drug-likeness (QED) is 0.659. The Hall–Kier alpha value is -2.68. The van der Waals surface area contributed by atoms with E-state index in [0.29, 0.717) is 5.56 Å². The Balaban J connectivity index is 1.89. The Bertz CT molecular complexity index is 693. The van der Waals surface area contributed by atoms with Crippen LogP contribution in [-0.4, -0.2) is 12.1 Å². The van der Waals surface area contributed by atoms with Crippen molar-refractivity contribution in [2.24, 2.45) is 5.10 Å². The molecular formula is C20H22N2O. The van der Waals surface area contributed by atoms with Gasteiger partial charge < -0.3 is 0 Å². The molecule has 1 N–H and O–H groups in total. The second kappa shape index (κ2) is 7.54. The zero-order valence-corrected chi connectivity index (χ0v) is 13.8. The molecule has 118 valence electrons. The largest absolute Gasteiger partial charge is 0.271 e. The fraction of sp³-hybridized carbons (Fsp3) is 0.200. The van der Waals surface area contributed by atoms with Gasteiger partial charge >= 0.3 is 0 Å². The van der Waals surface area contributed by atoms with Crippen molar-refractivity contribution in [3.63, 3.8) is 0 Å². The van der Waals surface area contributed by atoms with Crippen molar-refractivity contribution >= 4 is 18.2 Å². The predicted octanol–water partition coefficient (Wildman–Crippen LogP) is 4.41. The number of amides is 1. The molecule has 0 aliphatic carbocycles. The number of allylic oxidation sites excluding steroid dienone is 1. The Morgan fingerprint density at radius 3 is 2.26 bits per heavy atom. The third-order valence-electron chi connectivity index (χ3n) is 3.43. The van der Waals surface area contributed by atoms with Gasteiger partial charge in [-0.05, 0) is 34.8 Å². The molecule has 0 heterocycles. The van der Waals surface area contributed by atoms with E-state index in [9.17, 15) is 4.79 Å². The molecule has 1 amide bonds. The number of carbonyl (C=O) groups is 1. The normalized spacial score (nSPS) is 12.0. The minimum atomic E-state index is -0.213. The molecule has 23 heavy (non-hydrogen) atoms. The summed E-state index contributed by atoms with van der Waals surface area (Å²) in [6.45, 7) is 6.43. The van der Waals surface area contributed by atoms with Crippen LogP contribution < -0.4 is 5.43 Å². The summed E-state index contributed by atoms with van der Waals surface area (Å²) in [5, 5.41) is 3.92. The molecular weight excluding hydrogens is 284 g/mol. The molecule has 0 aromatic heterocycles. The van der Waals surface area contributed by atoms with Crippen molar-refractivity contribution in [1.29, 1.82) is 0 Å². The number of benzene rings is 2. The van der Waals surface area contributed by atoms with Crippen molar-refractivity contribution in [1.82, 2.24) is 5.43 Å². The number of hydrazone groups is 1. The second-order valence-electron chi connectivity index (χ2n) is 6.32. The van der Waals surface area contributed by atoms with E-state index in [2.05, 4.69) is 31.3 Å². The van der Waals surface area contributed by atoms with E-state index < -0.39 is 0 Å². The highest BCUT2D eigenvalue weighted by molar-refractivity contribution is 5.94. The van der Waals surface area contributed by atoms with E-state index >= 15 is 0 Å². The van der Waals surface area contributed by atoms with Crippen molar-refractivity contribution < 1.29 is 4.79 Å². The first kappa shape index (κ1) is 16.7. The zero-order valence-electron chi connectivity index (χ0n) is 13.8. The summed E-state index contributed by atoms with van der Waals surface area (Å²) in [7, 11) is 0. The molecule has 2 rings (SSSR count). The minimum absolute atomic E-state index is 0.0788. The van der Waals surface area contributed by atoms with Crippen LogP contribution in [0.4, 0.5) is 0 Å². The van der Waals surface area contributed by atoms with Crippen LogP contribution in [0.2, 0.25) is 0 Å². The van der Waals surface area contributed by atoms with Gasteiger partial charge in [0.1, 0.15) is 0 Å². The molecule has 2 aromatic rings. The monoisotopic (exact) mass is 306 g/mol. The van der Waals surface area contributed by atoms with E-state index in [1.807, 2.05) is 60.7 Å². The molecule has 0 saturated carbocycles. The highest BCUT2D eigenvalue weighted by Gasteiger charge is 2.13. The Morgan fingerprint density at radius 1 is 1.00 bits per heavy atom. The molecule has 2 aromatic carbocycles. The van der Waals surface area contributed by atoms with Crippen LogP contribution in [0.3, 0.4) is 0 Å². The summed E-state index contributed by atoms with van der Waals surface area (Å²) in [6, 6.07) is 17.5. The summed E-state index contributed by atoms with van der Waals surface area (Å²) in [5.74, 6) is -0.213. The van der Waals surface area contributed by atoms with Gasteiger partial charge in [0, 0.05) is 11.8 Å². The lowest BCUT2D eigenvalue weighted by molar-refractivity contribution is 0.0955. The lowest BCUT2D eigenvalue weighted by Gasteiger charge is -2.18. The van der Waals surface area contributed by atoms with Crippen molar-refractivity contribution in [3.05, 3.63) is 77.4 Å². The van der Waals surface area contributed by atoms with Gasteiger partial charge in [0.2, 0.25) is 0 Å². The van der Waals surface area contributed by atoms with E-state index in [-0.39, 0.29) is 11.3 Å². The van der Waals surface area contributed by atoms with E-state index in [4.69, 9.17) is 0 Å². The molecule has 0 fully saturated rings.